The van der Waals surface area contributed by atoms with Crippen molar-refractivity contribution in [1.82, 2.24) is 9.88 Å². The summed E-state index contributed by atoms with van der Waals surface area (Å²) in [5.41, 5.74) is 4.01. The van der Waals surface area contributed by atoms with Gasteiger partial charge in [0.1, 0.15) is 0 Å². The smallest absolute Gasteiger partial charge is 0.0483 e. The molecule has 0 fully saturated rings. The van der Waals surface area contributed by atoms with Gasteiger partial charge in [0.15, 0.2) is 0 Å². The van der Waals surface area contributed by atoms with Crippen LogP contribution in [0.3, 0.4) is 0 Å². The Morgan fingerprint density at radius 2 is 2.12 bits per heavy atom. The van der Waals surface area contributed by atoms with Gasteiger partial charge in [-0.1, -0.05) is 24.3 Å². The highest BCUT2D eigenvalue weighted by atomic mass is 15.0. The molecule has 90 valence electrons. The SMILES string of the molecule is C=CC(C)NCc1c(C)c2ccccc2n1C. The van der Waals surface area contributed by atoms with Crippen molar-refractivity contribution in [2.24, 2.45) is 7.05 Å². The molecular formula is C15H20N2. The number of hydrogen-bond acceptors (Lipinski definition) is 1. The highest BCUT2D eigenvalue weighted by Gasteiger charge is 2.10. The van der Waals surface area contributed by atoms with Gasteiger partial charge in [-0.3, -0.25) is 0 Å². The van der Waals surface area contributed by atoms with Crippen LogP contribution in [0.4, 0.5) is 0 Å². The van der Waals surface area contributed by atoms with Crippen LogP contribution in [0.5, 0.6) is 0 Å². The molecule has 2 aromatic rings. The van der Waals surface area contributed by atoms with Crippen molar-refractivity contribution < 1.29 is 0 Å². The molecule has 2 nitrogen and oxygen atoms in total. The molecule has 17 heavy (non-hydrogen) atoms. The Kier molecular flexibility index (Phi) is 3.34. The summed E-state index contributed by atoms with van der Waals surface area (Å²) >= 11 is 0. The predicted molar refractivity (Wildman–Crippen MR) is 74.2 cm³/mol. The summed E-state index contributed by atoms with van der Waals surface area (Å²) < 4.78 is 2.27. The maximum absolute atomic E-state index is 3.79. The molecule has 1 N–H and O–H groups in total. The summed E-state index contributed by atoms with van der Waals surface area (Å²) in [7, 11) is 2.13. The fourth-order valence-corrected chi connectivity index (χ4v) is 2.23. The molecule has 2 heteroatoms. The Hall–Kier alpha value is -1.54. The number of para-hydroxylation sites is 1. The lowest BCUT2D eigenvalue weighted by Crippen LogP contribution is -2.24. The van der Waals surface area contributed by atoms with Crippen LogP contribution >= 0.6 is 0 Å². The standard InChI is InChI=1S/C15H20N2/c1-5-11(2)16-10-15-12(3)13-8-6-7-9-14(13)17(15)4/h5-9,11,16H,1,10H2,2-4H3. The van der Waals surface area contributed by atoms with Gasteiger partial charge in [0, 0.05) is 36.2 Å². The average Bonchev–Trinajstić information content (AvgIpc) is 2.60. The minimum Gasteiger partial charge on any atom is -0.346 e. The molecule has 1 aromatic heterocycles. The van der Waals surface area contributed by atoms with Crippen LogP contribution in [-0.2, 0) is 13.6 Å². The third-order valence-corrected chi connectivity index (χ3v) is 3.45. The Balaban J connectivity index is 2.37. The zero-order valence-electron chi connectivity index (χ0n) is 10.8. The molecule has 1 unspecified atom stereocenters. The summed E-state index contributed by atoms with van der Waals surface area (Å²) in [4.78, 5) is 0. The van der Waals surface area contributed by atoms with Crippen molar-refractivity contribution in [2.75, 3.05) is 0 Å². The zero-order valence-corrected chi connectivity index (χ0v) is 10.8. The van der Waals surface area contributed by atoms with E-state index in [4.69, 9.17) is 0 Å². The topological polar surface area (TPSA) is 17.0 Å². The van der Waals surface area contributed by atoms with Gasteiger partial charge in [-0.05, 0) is 25.5 Å². The summed E-state index contributed by atoms with van der Waals surface area (Å²) in [5.74, 6) is 0. The molecule has 0 aliphatic carbocycles. The maximum atomic E-state index is 3.79. The molecule has 1 aromatic carbocycles. The van der Waals surface area contributed by atoms with Gasteiger partial charge in [0.2, 0.25) is 0 Å². The molecule has 0 saturated heterocycles. The van der Waals surface area contributed by atoms with Crippen LogP contribution in [-0.4, -0.2) is 10.6 Å². The molecule has 0 radical (unpaired) electrons. The molecule has 0 aliphatic rings. The molecule has 0 spiro atoms. The van der Waals surface area contributed by atoms with E-state index < -0.39 is 0 Å². The first-order valence-corrected chi connectivity index (χ1v) is 6.04. The summed E-state index contributed by atoms with van der Waals surface area (Å²) in [6, 6.07) is 8.88. The van der Waals surface area contributed by atoms with E-state index >= 15 is 0 Å². The van der Waals surface area contributed by atoms with Crippen LogP contribution in [0.25, 0.3) is 10.9 Å². The van der Waals surface area contributed by atoms with Gasteiger partial charge in [-0.2, -0.15) is 0 Å². The van der Waals surface area contributed by atoms with Crippen LogP contribution in [0.1, 0.15) is 18.2 Å². The van der Waals surface area contributed by atoms with Crippen molar-refractivity contribution in [1.29, 1.82) is 0 Å². The lowest BCUT2D eigenvalue weighted by molar-refractivity contribution is 0.610. The van der Waals surface area contributed by atoms with E-state index in [1.54, 1.807) is 0 Å². The van der Waals surface area contributed by atoms with E-state index in [-0.39, 0.29) is 0 Å². The van der Waals surface area contributed by atoms with Gasteiger partial charge in [0.25, 0.3) is 0 Å². The first-order valence-electron chi connectivity index (χ1n) is 6.04. The number of aromatic nitrogens is 1. The van der Waals surface area contributed by atoms with Crippen molar-refractivity contribution in [3.8, 4) is 0 Å². The van der Waals surface area contributed by atoms with Gasteiger partial charge in [-0.25, -0.2) is 0 Å². The number of benzene rings is 1. The Morgan fingerprint density at radius 3 is 2.76 bits per heavy atom. The summed E-state index contributed by atoms with van der Waals surface area (Å²) in [6.45, 7) is 8.98. The van der Waals surface area contributed by atoms with Gasteiger partial charge in [-0.15, -0.1) is 6.58 Å². The van der Waals surface area contributed by atoms with E-state index in [0.29, 0.717) is 6.04 Å². The molecule has 0 amide bonds. The van der Waals surface area contributed by atoms with E-state index in [9.17, 15) is 0 Å². The second kappa shape index (κ2) is 4.76. The van der Waals surface area contributed by atoms with Gasteiger partial charge >= 0.3 is 0 Å². The lowest BCUT2D eigenvalue weighted by atomic mass is 10.1. The Bertz CT molecular complexity index is 498. The minimum atomic E-state index is 0.340. The monoisotopic (exact) mass is 228 g/mol. The van der Waals surface area contributed by atoms with E-state index in [1.165, 1.54) is 22.2 Å². The van der Waals surface area contributed by atoms with Crippen molar-refractivity contribution >= 4 is 10.9 Å². The highest BCUT2D eigenvalue weighted by molar-refractivity contribution is 5.85. The highest BCUT2D eigenvalue weighted by Crippen LogP contribution is 2.24. The molecule has 1 atom stereocenters. The fraction of sp³-hybridized carbons (Fsp3) is 0.333. The van der Waals surface area contributed by atoms with Crippen molar-refractivity contribution in [2.45, 2.75) is 26.4 Å². The van der Waals surface area contributed by atoms with Crippen LogP contribution in [0.2, 0.25) is 0 Å². The number of rotatable bonds is 4. The van der Waals surface area contributed by atoms with E-state index in [0.717, 1.165) is 6.54 Å². The number of nitrogens with zero attached hydrogens (tertiary/aromatic N) is 1. The first-order chi connectivity index (χ1) is 8.15. The van der Waals surface area contributed by atoms with Crippen LogP contribution in [0.15, 0.2) is 36.9 Å². The number of aryl methyl sites for hydroxylation is 2. The molecule has 0 aliphatic heterocycles. The maximum Gasteiger partial charge on any atom is 0.0483 e. The number of fused-ring (bicyclic) bond motifs is 1. The predicted octanol–water partition coefficient (Wildman–Crippen LogP) is 3.15. The number of hydrogen-bond donors (Lipinski definition) is 1. The first kappa shape index (κ1) is 11.9. The lowest BCUT2D eigenvalue weighted by Gasteiger charge is -2.11. The van der Waals surface area contributed by atoms with Crippen LogP contribution < -0.4 is 5.32 Å². The number of nitrogens with one attached hydrogen (secondary N) is 1. The fourth-order valence-electron chi connectivity index (χ4n) is 2.23. The molecule has 0 bridgehead atoms. The van der Waals surface area contributed by atoms with Crippen molar-refractivity contribution in [3.05, 3.63) is 48.2 Å². The molecular weight excluding hydrogens is 208 g/mol. The Morgan fingerprint density at radius 1 is 1.41 bits per heavy atom. The third-order valence-electron chi connectivity index (χ3n) is 3.45. The van der Waals surface area contributed by atoms with E-state index in [2.05, 4.69) is 61.6 Å². The minimum absolute atomic E-state index is 0.340. The second-order valence-corrected chi connectivity index (χ2v) is 4.55. The quantitative estimate of drug-likeness (QED) is 0.795. The van der Waals surface area contributed by atoms with Crippen LogP contribution in [0, 0.1) is 6.92 Å². The van der Waals surface area contributed by atoms with Gasteiger partial charge < -0.3 is 9.88 Å². The van der Waals surface area contributed by atoms with Gasteiger partial charge in [0.05, 0.1) is 0 Å². The normalized spacial score (nSPS) is 12.9. The Labute approximate surface area is 103 Å². The molecule has 2 rings (SSSR count). The average molecular weight is 228 g/mol. The van der Waals surface area contributed by atoms with Crippen molar-refractivity contribution in [3.63, 3.8) is 0 Å². The summed E-state index contributed by atoms with van der Waals surface area (Å²) in [5, 5.41) is 4.80. The zero-order chi connectivity index (χ0) is 12.4. The second-order valence-electron chi connectivity index (χ2n) is 4.55. The third kappa shape index (κ3) is 2.13. The molecule has 1 heterocycles. The largest absolute Gasteiger partial charge is 0.346 e. The summed E-state index contributed by atoms with van der Waals surface area (Å²) in [6.07, 6.45) is 1.93. The molecule has 0 saturated carbocycles. The van der Waals surface area contributed by atoms with E-state index in [1.807, 2.05) is 6.08 Å².